The smallest absolute Gasteiger partial charge is 0.0274 e. The van der Waals surface area contributed by atoms with Crippen molar-refractivity contribution in [3.63, 3.8) is 0 Å². The molecule has 0 spiro atoms. The highest BCUT2D eigenvalue weighted by atomic mass is 127. The van der Waals surface area contributed by atoms with Crippen molar-refractivity contribution in [2.24, 2.45) is 0 Å². The van der Waals surface area contributed by atoms with Gasteiger partial charge in [-0.1, -0.05) is 132 Å². The van der Waals surface area contributed by atoms with Gasteiger partial charge in [-0.15, -0.1) is 0 Å². The minimum absolute atomic E-state index is 1.28. The first-order chi connectivity index (χ1) is 10.4. The van der Waals surface area contributed by atoms with Gasteiger partial charge in [-0.25, -0.2) is 0 Å². The summed E-state index contributed by atoms with van der Waals surface area (Å²) in [4.78, 5) is 0. The standard InChI is InChI=1S/C20H39I/c1-2-3-4-5-6-7-8-9-10-11-12-13-14-15-16-17-18-19-20-21/h19-20H,2-18H2,1H3/b20-19+. The van der Waals surface area contributed by atoms with E-state index in [4.69, 9.17) is 0 Å². The highest BCUT2D eigenvalue weighted by Crippen LogP contribution is 2.14. The van der Waals surface area contributed by atoms with E-state index >= 15 is 0 Å². The van der Waals surface area contributed by atoms with E-state index in [1.54, 1.807) is 0 Å². The van der Waals surface area contributed by atoms with Crippen LogP contribution < -0.4 is 0 Å². The van der Waals surface area contributed by atoms with Crippen LogP contribution in [0.4, 0.5) is 0 Å². The van der Waals surface area contributed by atoms with Crippen LogP contribution in [-0.4, -0.2) is 0 Å². The SMILES string of the molecule is CCCCCCCCCCCCCCCCCC/C=C/I. The van der Waals surface area contributed by atoms with Crippen molar-refractivity contribution < 1.29 is 0 Å². The van der Waals surface area contributed by atoms with E-state index < -0.39 is 0 Å². The van der Waals surface area contributed by atoms with Crippen LogP contribution in [-0.2, 0) is 0 Å². The average molecular weight is 406 g/mol. The summed E-state index contributed by atoms with van der Waals surface area (Å²) in [7, 11) is 0. The maximum atomic E-state index is 2.31. The van der Waals surface area contributed by atoms with Crippen LogP contribution in [0.2, 0.25) is 0 Å². The van der Waals surface area contributed by atoms with Gasteiger partial charge >= 0.3 is 0 Å². The van der Waals surface area contributed by atoms with Crippen molar-refractivity contribution in [3.8, 4) is 0 Å². The molecular formula is C20H39I. The van der Waals surface area contributed by atoms with Crippen molar-refractivity contribution >= 4 is 22.6 Å². The first kappa shape index (κ1) is 21.5. The maximum Gasteiger partial charge on any atom is -0.0274 e. The molecule has 0 aromatic rings. The third-order valence-corrected chi connectivity index (χ3v) is 4.82. The summed E-state index contributed by atoms with van der Waals surface area (Å²) in [5, 5.41) is 0. The predicted octanol–water partition coefficient (Wildman–Crippen LogP) is 8.59. The topological polar surface area (TPSA) is 0 Å². The maximum absolute atomic E-state index is 2.31. The molecule has 1 heteroatoms. The molecule has 0 aromatic heterocycles. The molecule has 126 valence electrons. The summed E-state index contributed by atoms with van der Waals surface area (Å²) >= 11 is 2.31. The van der Waals surface area contributed by atoms with Gasteiger partial charge in [-0.2, -0.15) is 0 Å². The Kier molecular flexibility index (Phi) is 20.9. The number of halogens is 1. The third-order valence-electron chi connectivity index (χ3n) is 4.31. The Morgan fingerprint density at radius 3 is 1.19 bits per heavy atom. The highest BCUT2D eigenvalue weighted by molar-refractivity contribution is 14.1. The Labute approximate surface area is 148 Å². The molecule has 0 fully saturated rings. The van der Waals surface area contributed by atoms with Crippen molar-refractivity contribution in [1.82, 2.24) is 0 Å². The van der Waals surface area contributed by atoms with Gasteiger partial charge in [0.15, 0.2) is 0 Å². The van der Waals surface area contributed by atoms with Crippen LogP contribution in [0.3, 0.4) is 0 Å². The molecule has 0 nitrogen and oxygen atoms in total. The van der Waals surface area contributed by atoms with E-state index in [1.807, 2.05) is 0 Å². The van der Waals surface area contributed by atoms with Crippen LogP contribution in [0, 0.1) is 0 Å². The van der Waals surface area contributed by atoms with Gasteiger partial charge in [0.05, 0.1) is 0 Å². The molecular weight excluding hydrogens is 367 g/mol. The van der Waals surface area contributed by atoms with E-state index in [2.05, 4.69) is 39.7 Å². The summed E-state index contributed by atoms with van der Waals surface area (Å²) in [5.41, 5.74) is 0. The van der Waals surface area contributed by atoms with E-state index in [0.717, 1.165) is 0 Å². The van der Waals surface area contributed by atoms with Crippen LogP contribution >= 0.6 is 22.6 Å². The van der Waals surface area contributed by atoms with Crippen molar-refractivity contribution in [2.75, 3.05) is 0 Å². The summed E-state index contributed by atoms with van der Waals surface area (Å²) in [6, 6.07) is 0. The third kappa shape index (κ3) is 20.5. The number of rotatable bonds is 17. The van der Waals surface area contributed by atoms with E-state index in [9.17, 15) is 0 Å². The molecule has 0 aromatic carbocycles. The minimum Gasteiger partial charge on any atom is -0.0785 e. The lowest BCUT2D eigenvalue weighted by Crippen LogP contribution is -1.83. The lowest BCUT2D eigenvalue weighted by atomic mass is 10.0. The summed E-state index contributed by atoms with van der Waals surface area (Å²) in [6.45, 7) is 2.30. The zero-order chi connectivity index (χ0) is 15.4. The number of hydrogen-bond donors (Lipinski definition) is 0. The Bertz CT molecular complexity index is 198. The second-order valence-electron chi connectivity index (χ2n) is 6.45. The van der Waals surface area contributed by atoms with Gasteiger partial charge in [0.2, 0.25) is 0 Å². The van der Waals surface area contributed by atoms with Crippen molar-refractivity contribution in [1.29, 1.82) is 0 Å². The lowest BCUT2D eigenvalue weighted by molar-refractivity contribution is 0.530. The van der Waals surface area contributed by atoms with Gasteiger partial charge in [-0.3, -0.25) is 0 Å². The van der Waals surface area contributed by atoms with Gasteiger partial charge < -0.3 is 0 Å². The largest absolute Gasteiger partial charge is 0.0785 e. The Hall–Kier alpha value is 0.470. The zero-order valence-electron chi connectivity index (χ0n) is 14.6. The van der Waals surface area contributed by atoms with E-state index in [1.165, 1.54) is 109 Å². The first-order valence-electron chi connectivity index (χ1n) is 9.67. The molecule has 0 rings (SSSR count). The molecule has 21 heavy (non-hydrogen) atoms. The normalized spacial score (nSPS) is 11.5. The lowest BCUT2D eigenvalue weighted by Gasteiger charge is -2.03. The summed E-state index contributed by atoms with van der Waals surface area (Å²) < 4.78 is 2.14. The van der Waals surface area contributed by atoms with Crippen LogP contribution in [0.1, 0.15) is 116 Å². The van der Waals surface area contributed by atoms with Crippen molar-refractivity contribution in [2.45, 2.75) is 116 Å². The molecule has 0 atom stereocenters. The molecule has 0 aliphatic heterocycles. The fourth-order valence-corrected chi connectivity index (χ4v) is 3.23. The minimum atomic E-state index is 1.28. The highest BCUT2D eigenvalue weighted by Gasteiger charge is 1.94. The molecule has 0 amide bonds. The van der Waals surface area contributed by atoms with Gasteiger partial charge in [-0.05, 0) is 16.9 Å². The Morgan fingerprint density at radius 2 is 0.857 bits per heavy atom. The second kappa shape index (κ2) is 20.5. The van der Waals surface area contributed by atoms with Crippen LogP contribution in [0.15, 0.2) is 10.2 Å². The summed E-state index contributed by atoms with van der Waals surface area (Å²) in [6.07, 6.45) is 26.9. The molecule has 0 N–H and O–H groups in total. The average Bonchev–Trinajstić information content (AvgIpc) is 2.50. The molecule has 0 radical (unpaired) electrons. The van der Waals surface area contributed by atoms with Gasteiger partial charge in [0.1, 0.15) is 0 Å². The Morgan fingerprint density at radius 1 is 0.524 bits per heavy atom. The monoisotopic (exact) mass is 406 g/mol. The van der Waals surface area contributed by atoms with Crippen LogP contribution in [0.5, 0.6) is 0 Å². The molecule has 0 heterocycles. The number of unbranched alkanes of at least 4 members (excludes halogenated alkanes) is 16. The van der Waals surface area contributed by atoms with Crippen molar-refractivity contribution in [3.05, 3.63) is 10.2 Å². The first-order valence-corrected chi connectivity index (χ1v) is 10.9. The number of hydrogen-bond acceptors (Lipinski definition) is 0. The second-order valence-corrected chi connectivity index (χ2v) is 7.17. The van der Waals surface area contributed by atoms with E-state index in [-0.39, 0.29) is 0 Å². The molecule has 0 aliphatic carbocycles. The molecule has 0 unspecified atom stereocenters. The summed E-state index contributed by atoms with van der Waals surface area (Å²) in [5.74, 6) is 0. The zero-order valence-corrected chi connectivity index (χ0v) is 16.7. The quantitative estimate of drug-likeness (QED) is 0.168. The fraction of sp³-hybridized carbons (Fsp3) is 0.900. The van der Waals surface area contributed by atoms with Crippen LogP contribution in [0.25, 0.3) is 0 Å². The van der Waals surface area contributed by atoms with Gasteiger partial charge in [0.25, 0.3) is 0 Å². The molecule has 0 saturated heterocycles. The Balaban J connectivity index is 2.93. The van der Waals surface area contributed by atoms with Gasteiger partial charge in [0, 0.05) is 0 Å². The number of allylic oxidation sites excluding steroid dienone is 1. The molecule has 0 saturated carbocycles. The fourth-order valence-electron chi connectivity index (χ4n) is 2.87. The predicted molar refractivity (Wildman–Crippen MR) is 107 cm³/mol. The van der Waals surface area contributed by atoms with E-state index in [0.29, 0.717) is 0 Å². The molecule has 0 aliphatic rings. The molecule has 0 bridgehead atoms.